The second kappa shape index (κ2) is 10.6. The Morgan fingerprint density at radius 2 is 1.09 bits per heavy atom. The summed E-state index contributed by atoms with van der Waals surface area (Å²) in [5.41, 5.74) is 1.29. The molecule has 0 fully saturated rings. The van der Waals surface area contributed by atoms with E-state index in [0.29, 0.717) is 0 Å². The average Bonchev–Trinajstić information content (AvgIpc) is 2.81. The summed E-state index contributed by atoms with van der Waals surface area (Å²) in [6, 6.07) is 20.7. The summed E-state index contributed by atoms with van der Waals surface area (Å²) in [6.45, 7) is 0. The van der Waals surface area contributed by atoms with Crippen molar-refractivity contribution in [3.63, 3.8) is 0 Å². The molecule has 0 unspecified atom stereocenters. The van der Waals surface area contributed by atoms with Crippen LogP contribution in [0.1, 0.15) is 43.0 Å². The van der Waals surface area contributed by atoms with E-state index in [2.05, 4.69) is 47.4 Å². The molecule has 0 heterocycles. The molecule has 150 valence electrons. The quantitative estimate of drug-likeness (QED) is 0.624. The van der Waals surface area contributed by atoms with Crippen LogP contribution in [0.25, 0.3) is 0 Å². The molecule has 0 saturated carbocycles. The lowest BCUT2D eigenvalue weighted by molar-refractivity contribution is 0.0695. The fraction of sp³-hybridized carbons (Fsp3) is 0. The normalized spacial score (nSPS) is 8.75. The Morgan fingerprint density at radius 1 is 0.594 bits per heavy atom. The van der Waals surface area contributed by atoms with E-state index in [0.717, 1.165) is 17.2 Å². The molecule has 0 aliphatic carbocycles. The molecular formula is C28H14O4. The molecule has 3 rings (SSSR count). The number of carboxylic acid groups (broad SMARTS) is 2. The van der Waals surface area contributed by atoms with Crippen molar-refractivity contribution in [2.24, 2.45) is 0 Å². The second-order valence-electron chi connectivity index (χ2n) is 6.29. The van der Waals surface area contributed by atoms with Crippen molar-refractivity contribution in [2.45, 2.75) is 0 Å². The molecular weight excluding hydrogens is 400 g/mol. The minimum Gasteiger partial charge on any atom is -0.478 e. The number of carbonyl (C=O) groups is 2. The number of rotatable bonds is 2. The van der Waals surface area contributed by atoms with Gasteiger partial charge in [0.1, 0.15) is 0 Å². The fourth-order valence-electron chi connectivity index (χ4n) is 2.61. The highest BCUT2D eigenvalue weighted by atomic mass is 16.4. The number of hydrogen-bond acceptors (Lipinski definition) is 2. The van der Waals surface area contributed by atoms with Crippen molar-refractivity contribution in [3.05, 3.63) is 106 Å². The molecule has 4 heteroatoms. The summed E-state index contributed by atoms with van der Waals surface area (Å²) in [6.07, 6.45) is 0. The Morgan fingerprint density at radius 3 is 1.59 bits per heavy atom. The topological polar surface area (TPSA) is 74.6 Å². The molecule has 32 heavy (non-hydrogen) atoms. The lowest BCUT2D eigenvalue weighted by atomic mass is 9.97. The van der Waals surface area contributed by atoms with Crippen LogP contribution in [0.3, 0.4) is 0 Å². The van der Waals surface area contributed by atoms with Crippen LogP contribution in [0.5, 0.6) is 0 Å². The zero-order valence-electron chi connectivity index (χ0n) is 16.6. The van der Waals surface area contributed by atoms with Gasteiger partial charge in [-0.1, -0.05) is 60.1 Å². The van der Waals surface area contributed by atoms with Gasteiger partial charge in [0.05, 0.1) is 16.7 Å². The van der Waals surface area contributed by atoms with Crippen LogP contribution in [0.2, 0.25) is 0 Å². The number of benzene rings is 3. The van der Waals surface area contributed by atoms with Gasteiger partial charge < -0.3 is 10.2 Å². The maximum atomic E-state index is 11.7. The van der Waals surface area contributed by atoms with Crippen molar-refractivity contribution in [3.8, 4) is 47.4 Å². The summed E-state index contributed by atoms with van der Waals surface area (Å²) in [5.74, 6) is 19.2. The summed E-state index contributed by atoms with van der Waals surface area (Å²) in [4.78, 5) is 23.2. The van der Waals surface area contributed by atoms with Crippen molar-refractivity contribution in [1.29, 1.82) is 0 Å². The summed E-state index contributed by atoms with van der Waals surface area (Å²) < 4.78 is 0. The molecule has 0 radical (unpaired) electrons. The highest BCUT2D eigenvalue weighted by Gasteiger charge is 2.17. The third-order valence-electron chi connectivity index (χ3n) is 4.09. The number of aromatic carboxylic acids is 2. The molecule has 0 aliphatic rings. The molecule has 0 atom stereocenters. The minimum absolute atomic E-state index is 0.0823. The van der Waals surface area contributed by atoms with Crippen LogP contribution in [-0.2, 0) is 0 Å². The Balaban J connectivity index is 2.05. The van der Waals surface area contributed by atoms with E-state index in [9.17, 15) is 19.8 Å². The maximum absolute atomic E-state index is 11.7. The Hall–Kier alpha value is -5.16. The molecule has 0 amide bonds. The molecule has 3 aromatic carbocycles. The van der Waals surface area contributed by atoms with Gasteiger partial charge in [-0.2, -0.15) is 0 Å². The summed E-state index contributed by atoms with van der Waals surface area (Å²) >= 11 is 0. The predicted octanol–water partition coefficient (Wildman–Crippen LogP) is 3.89. The van der Waals surface area contributed by atoms with Gasteiger partial charge in [0.25, 0.3) is 0 Å². The van der Waals surface area contributed by atoms with Gasteiger partial charge >= 0.3 is 11.9 Å². The zero-order chi connectivity index (χ0) is 22.8. The first-order valence-corrected chi connectivity index (χ1v) is 9.33. The summed E-state index contributed by atoms with van der Waals surface area (Å²) in [7, 11) is 0. The van der Waals surface area contributed by atoms with Gasteiger partial charge in [0, 0.05) is 16.7 Å². The van der Waals surface area contributed by atoms with E-state index in [1.54, 1.807) is 0 Å². The maximum Gasteiger partial charge on any atom is 0.337 e. The SMILES string of the molecule is O=C(O)c1cc(C#CC#Cc2ccccc2)c(C#CC#Cc2ccccc2)c(C(=O)O)c1. The summed E-state index contributed by atoms with van der Waals surface area (Å²) in [5, 5.41) is 18.9. The van der Waals surface area contributed by atoms with Crippen molar-refractivity contribution in [1.82, 2.24) is 0 Å². The lowest BCUT2D eigenvalue weighted by Gasteiger charge is -2.05. The first-order chi connectivity index (χ1) is 15.5. The molecule has 3 aromatic rings. The van der Waals surface area contributed by atoms with Gasteiger partial charge in [0.15, 0.2) is 0 Å². The van der Waals surface area contributed by atoms with E-state index < -0.39 is 11.9 Å². The molecule has 0 aliphatic heterocycles. The second-order valence-corrected chi connectivity index (χ2v) is 6.29. The van der Waals surface area contributed by atoms with Crippen LogP contribution in [0, 0.1) is 47.4 Å². The van der Waals surface area contributed by atoms with Crippen LogP contribution in [-0.4, -0.2) is 22.2 Å². The van der Waals surface area contributed by atoms with Gasteiger partial charge in [-0.15, -0.1) is 0 Å². The van der Waals surface area contributed by atoms with Gasteiger partial charge in [-0.25, -0.2) is 9.59 Å². The molecule has 0 spiro atoms. The zero-order valence-corrected chi connectivity index (χ0v) is 16.6. The Labute approximate surface area is 185 Å². The Kier molecular flexibility index (Phi) is 7.12. The smallest absolute Gasteiger partial charge is 0.337 e. The highest BCUT2D eigenvalue weighted by Crippen LogP contribution is 2.17. The first-order valence-electron chi connectivity index (χ1n) is 9.33. The van der Waals surface area contributed by atoms with Crippen molar-refractivity contribution < 1.29 is 19.8 Å². The van der Waals surface area contributed by atoms with Crippen LogP contribution in [0.15, 0.2) is 72.8 Å². The molecule has 0 aromatic heterocycles. The average molecular weight is 414 g/mol. The largest absolute Gasteiger partial charge is 0.478 e. The van der Waals surface area contributed by atoms with E-state index >= 15 is 0 Å². The lowest BCUT2D eigenvalue weighted by Crippen LogP contribution is -2.07. The molecule has 0 bridgehead atoms. The van der Waals surface area contributed by atoms with Crippen LogP contribution < -0.4 is 0 Å². The molecule has 2 N–H and O–H groups in total. The van der Waals surface area contributed by atoms with Crippen molar-refractivity contribution >= 4 is 11.9 Å². The van der Waals surface area contributed by atoms with Gasteiger partial charge in [-0.05, 0) is 60.1 Å². The molecule has 4 nitrogen and oxygen atoms in total. The van der Waals surface area contributed by atoms with Gasteiger partial charge in [-0.3, -0.25) is 0 Å². The van der Waals surface area contributed by atoms with E-state index in [4.69, 9.17) is 0 Å². The fourth-order valence-corrected chi connectivity index (χ4v) is 2.61. The molecule has 0 saturated heterocycles. The number of hydrogen-bond donors (Lipinski definition) is 2. The van der Waals surface area contributed by atoms with Gasteiger partial charge in [0.2, 0.25) is 0 Å². The first kappa shape index (κ1) is 21.5. The highest BCUT2D eigenvalue weighted by molar-refractivity contribution is 5.97. The third kappa shape index (κ3) is 5.92. The standard InChI is InChI=1S/C28H14O4/c29-27(30)24-19-23(17-9-7-15-21-11-3-1-4-12-21)25(26(20-24)28(31)32)18-10-8-16-22-13-5-2-6-14-22/h1-6,11-14,19-20H,(H,29,30)(H,31,32). The third-order valence-corrected chi connectivity index (χ3v) is 4.09. The van der Waals surface area contributed by atoms with E-state index in [1.165, 1.54) is 6.07 Å². The Bertz CT molecular complexity index is 1420. The van der Waals surface area contributed by atoms with Crippen molar-refractivity contribution in [2.75, 3.05) is 0 Å². The predicted molar refractivity (Wildman–Crippen MR) is 121 cm³/mol. The van der Waals surface area contributed by atoms with E-state index in [1.807, 2.05) is 60.7 Å². The van der Waals surface area contributed by atoms with E-state index in [-0.39, 0.29) is 22.3 Å². The van der Waals surface area contributed by atoms with Crippen LogP contribution >= 0.6 is 0 Å². The van der Waals surface area contributed by atoms with Crippen LogP contribution in [0.4, 0.5) is 0 Å². The minimum atomic E-state index is -1.31. The number of carboxylic acids is 2. The monoisotopic (exact) mass is 414 g/mol.